The number of nitro benzene ring substituents is 1. The fourth-order valence-corrected chi connectivity index (χ4v) is 2.11. The zero-order chi connectivity index (χ0) is 17.4. The van der Waals surface area contributed by atoms with E-state index in [0.717, 1.165) is 16.7 Å². The monoisotopic (exact) mass is 329 g/mol. The minimum Gasteiger partial charge on any atom is -0.392 e. The molecule has 3 N–H and O–H groups in total. The standard InChI is InChI=1S/C17H19N3O4/c21-12-15-3-1-13(2-4-15)9-10-18-17(22)19-11-14-5-7-16(8-6-14)20(23)24/h1-8,21H,9-12H2,(H2,18,19,22). The largest absolute Gasteiger partial charge is 0.392 e. The number of urea groups is 1. The molecule has 0 aliphatic heterocycles. The highest BCUT2D eigenvalue weighted by Crippen LogP contribution is 2.11. The second-order valence-electron chi connectivity index (χ2n) is 5.26. The lowest BCUT2D eigenvalue weighted by atomic mass is 10.1. The number of nitrogens with one attached hydrogen (secondary N) is 2. The number of nitro groups is 1. The normalized spacial score (nSPS) is 10.2. The van der Waals surface area contributed by atoms with Crippen LogP contribution < -0.4 is 10.6 Å². The molecule has 0 saturated heterocycles. The molecule has 2 aromatic carbocycles. The van der Waals surface area contributed by atoms with Crippen molar-refractivity contribution in [3.63, 3.8) is 0 Å². The van der Waals surface area contributed by atoms with Crippen LogP contribution in [0.1, 0.15) is 16.7 Å². The number of non-ortho nitro benzene ring substituents is 1. The number of carbonyl (C=O) groups excluding carboxylic acids is 1. The van der Waals surface area contributed by atoms with Crippen LogP contribution in [0.15, 0.2) is 48.5 Å². The number of carbonyl (C=O) groups is 1. The van der Waals surface area contributed by atoms with E-state index >= 15 is 0 Å². The molecule has 24 heavy (non-hydrogen) atoms. The molecule has 0 unspecified atom stereocenters. The van der Waals surface area contributed by atoms with E-state index in [1.165, 1.54) is 12.1 Å². The highest BCUT2D eigenvalue weighted by molar-refractivity contribution is 5.73. The topological polar surface area (TPSA) is 104 Å². The third kappa shape index (κ3) is 5.36. The van der Waals surface area contributed by atoms with Crippen molar-refractivity contribution < 1.29 is 14.8 Å². The van der Waals surface area contributed by atoms with Crippen molar-refractivity contribution in [3.05, 3.63) is 75.3 Å². The molecule has 0 radical (unpaired) electrons. The summed E-state index contributed by atoms with van der Waals surface area (Å²) in [6.07, 6.45) is 0.691. The minimum absolute atomic E-state index is 0.0174. The van der Waals surface area contributed by atoms with E-state index in [1.54, 1.807) is 12.1 Å². The molecule has 0 spiro atoms. The zero-order valence-electron chi connectivity index (χ0n) is 13.1. The van der Waals surface area contributed by atoms with Gasteiger partial charge in [-0.2, -0.15) is 0 Å². The minimum atomic E-state index is -0.461. The first-order valence-electron chi connectivity index (χ1n) is 7.52. The van der Waals surface area contributed by atoms with Gasteiger partial charge in [0.05, 0.1) is 11.5 Å². The molecule has 0 heterocycles. The highest BCUT2D eigenvalue weighted by Gasteiger charge is 2.05. The fraction of sp³-hybridized carbons (Fsp3) is 0.235. The summed E-state index contributed by atoms with van der Waals surface area (Å²) in [5.74, 6) is 0. The summed E-state index contributed by atoms with van der Waals surface area (Å²) in [6.45, 7) is 0.809. The van der Waals surface area contributed by atoms with Gasteiger partial charge in [0.2, 0.25) is 0 Å². The molecule has 7 heteroatoms. The van der Waals surface area contributed by atoms with Crippen LogP contribution >= 0.6 is 0 Å². The summed E-state index contributed by atoms with van der Waals surface area (Å²) in [5.41, 5.74) is 2.74. The van der Waals surface area contributed by atoms with Gasteiger partial charge in [-0.05, 0) is 23.1 Å². The Morgan fingerprint density at radius 3 is 2.12 bits per heavy atom. The van der Waals surface area contributed by atoms with E-state index in [2.05, 4.69) is 10.6 Å². The molecule has 0 bridgehead atoms. The highest BCUT2D eigenvalue weighted by atomic mass is 16.6. The van der Waals surface area contributed by atoms with Crippen LogP contribution in [0.5, 0.6) is 0 Å². The quantitative estimate of drug-likeness (QED) is 0.534. The Morgan fingerprint density at radius 1 is 0.958 bits per heavy atom. The summed E-state index contributed by atoms with van der Waals surface area (Å²) in [6, 6.07) is 13.3. The first-order valence-corrected chi connectivity index (χ1v) is 7.52. The van der Waals surface area contributed by atoms with Gasteiger partial charge in [0, 0.05) is 25.2 Å². The Morgan fingerprint density at radius 2 is 1.54 bits per heavy atom. The molecule has 0 aliphatic rings. The van der Waals surface area contributed by atoms with Crippen LogP contribution in [0.4, 0.5) is 10.5 Å². The summed E-state index contributed by atoms with van der Waals surface area (Å²) >= 11 is 0. The summed E-state index contributed by atoms with van der Waals surface area (Å²) in [5, 5.41) is 25.0. The summed E-state index contributed by atoms with van der Waals surface area (Å²) in [4.78, 5) is 21.8. The smallest absolute Gasteiger partial charge is 0.315 e. The second-order valence-corrected chi connectivity index (χ2v) is 5.26. The Labute approximate surface area is 139 Å². The number of hydrogen-bond donors (Lipinski definition) is 3. The molecule has 0 fully saturated rings. The number of nitrogens with zero attached hydrogens (tertiary/aromatic N) is 1. The van der Waals surface area contributed by atoms with Gasteiger partial charge in [-0.1, -0.05) is 36.4 Å². The van der Waals surface area contributed by atoms with Crippen LogP contribution in [-0.2, 0) is 19.6 Å². The van der Waals surface area contributed by atoms with Crippen LogP contribution in [0.2, 0.25) is 0 Å². The number of aliphatic hydroxyl groups excluding tert-OH is 1. The first-order chi connectivity index (χ1) is 11.6. The van der Waals surface area contributed by atoms with Crippen molar-refractivity contribution in [1.82, 2.24) is 10.6 Å². The molecule has 0 atom stereocenters. The predicted molar refractivity (Wildman–Crippen MR) is 89.4 cm³/mol. The van der Waals surface area contributed by atoms with Gasteiger partial charge < -0.3 is 15.7 Å². The van der Waals surface area contributed by atoms with Crippen molar-refractivity contribution in [2.45, 2.75) is 19.6 Å². The second kappa shape index (κ2) is 8.64. The Hall–Kier alpha value is -2.93. The Kier molecular flexibility index (Phi) is 6.27. The van der Waals surface area contributed by atoms with Crippen molar-refractivity contribution in [2.75, 3.05) is 6.54 Å². The average Bonchev–Trinajstić information content (AvgIpc) is 2.61. The van der Waals surface area contributed by atoms with Crippen LogP contribution in [0.3, 0.4) is 0 Å². The summed E-state index contributed by atoms with van der Waals surface area (Å²) < 4.78 is 0. The van der Waals surface area contributed by atoms with E-state index in [-0.39, 0.29) is 18.3 Å². The zero-order valence-corrected chi connectivity index (χ0v) is 13.1. The van der Waals surface area contributed by atoms with Crippen molar-refractivity contribution >= 4 is 11.7 Å². The van der Waals surface area contributed by atoms with Gasteiger partial charge in [-0.3, -0.25) is 10.1 Å². The van der Waals surface area contributed by atoms with Crippen molar-refractivity contribution in [1.29, 1.82) is 0 Å². The lowest BCUT2D eigenvalue weighted by molar-refractivity contribution is -0.384. The predicted octanol–water partition coefficient (Wildman–Crippen LogP) is 2.13. The van der Waals surface area contributed by atoms with E-state index < -0.39 is 4.92 Å². The van der Waals surface area contributed by atoms with Crippen LogP contribution in [-0.4, -0.2) is 22.6 Å². The van der Waals surface area contributed by atoms with E-state index in [0.29, 0.717) is 19.5 Å². The molecule has 0 aliphatic carbocycles. The fourth-order valence-electron chi connectivity index (χ4n) is 2.11. The maximum atomic E-state index is 11.7. The Bertz CT molecular complexity index is 684. The molecule has 2 rings (SSSR count). The lowest BCUT2D eigenvalue weighted by Crippen LogP contribution is -2.36. The van der Waals surface area contributed by atoms with Crippen molar-refractivity contribution in [2.24, 2.45) is 0 Å². The molecule has 2 aromatic rings. The lowest BCUT2D eigenvalue weighted by Gasteiger charge is -2.08. The molecule has 126 valence electrons. The first kappa shape index (κ1) is 17.4. The van der Waals surface area contributed by atoms with E-state index in [9.17, 15) is 14.9 Å². The third-order valence-corrected chi connectivity index (χ3v) is 3.51. The van der Waals surface area contributed by atoms with Gasteiger partial charge in [0.25, 0.3) is 5.69 Å². The van der Waals surface area contributed by atoms with E-state index in [4.69, 9.17) is 5.11 Å². The molecule has 0 aromatic heterocycles. The van der Waals surface area contributed by atoms with Gasteiger partial charge in [-0.25, -0.2) is 4.79 Å². The maximum absolute atomic E-state index is 11.7. The van der Waals surface area contributed by atoms with E-state index in [1.807, 2.05) is 24.3 Å². The maximum Gasteiger partial charge on any atom is 0.315 e. The number of rotatable bonds is 7. The number of benzene rings is 2. The molecule has 7 nitrogen and oxygen atoms in total. The van der Waals surface area contributed by atoms with Gasteiger partial charge in [-0.15, -0.1) is 0 Å². The average molecular weight is 329 g/mol. The SMILES string of the molecule is O=C(NCCc1ccc(CO)cc1)NCc1ccc([N+](=O)[O-])cc1. The molecular weight excluding hydrogens is 310 g/mol. The van der Waals surface area contributed by atoms with Gasteiger partial charge >= 0.3 is 6.03 Å². The number of aliphatic hydroxyl groups is 1. The molecule has 2 amide bonds. The molecule has 0 saturated carbocycles. The van der Waals surface area contributed by atoms with Crippen LogP contribution in [0.25, 0.3) is 0 Å². The molecular formula is C17H19N3O4. The van der Waals surface area contributed by atoms with Crippen LogP contribution in [0, 0.1) is 10.1 Å². The number of hydrogen-bond acceptors (Lipinski definition) is 4. The Balaban J connectivity index is 1.70. The van der Waals surface area contributed by atoms with Gasteiger partial charge in [0.1, 0.15) is 0 Å². The third-order valence-electron chi connectivity index (χ3n) is 3.51. The van der Waals surface area contributed by atoms with Crippen molar-refractivity contribution in [3.8, 4) is 0 Å². The van der Waals surface area contributed by atoms with Gasteiger partial charge in [0.15, 0.2) is 0 Å². The summed E-state index contributed by atoms with van der Waals surface area (Å²) in [7, 11) is 0. The number of amides is 2.